The smallest absolute Gasteiger partial charge is 0.252 e. The summed E-state index contributed by atoms with van der Waals surface area (Å²) in [6, 6.07) is 5.71. The molecule has 3 aromatic rings. The van der Waals surface area contributed by atoms with Crippen molar-refractivity contribution in [2.24, 2.45) is 4.99 Å². The van der Waals surface area contributed by atoms with Crippen LogP contribution < -0.4 is 9.47 Å². The van der Waals surface area contributed by atoms with Gasteiger partial charge in [-0.1, -0.05) is 0 Å². The second-order valence-corrected chi connectivity index (χ2v) is 5.84. The van der Waals surface area contributed by atoms with E-state index in [2.05, 4.69) is 19.9 Å². The first-order valence-electron chi connectivity index (χ1n) is 7.82. The molecule has 0 bridgehead atoms. The van der Waals surface area contributed by atoms with Gasteiger partial charge in [0.1, 0.15) is 17.2 Å². The summed E-state index contributed by atoms with van der Waals surface area (Å²) < 4.78 is 10.9. The molecule has 0 saturated carbocycles. The van der Waals surface area contributed by atoms with Crippen molar-refractivity contribution in [1.82, 2.24) is 19.9 Å². The molecule has 0 aliphatic rings. The third kappa shape index (κ3) is 3.26. The normalized spacial score (nSPS) is 11.2. The van der Waals surface area contributed by atoms with E-state index in [1.165, 1.54) is 0 Å². The molecule has 1 N–H and O–H groups in total. The van der Waals surface area contributed by atoms with E-state index in [1.54, 1.807) is 20.6 Å². The second kappa shape index (κ2) is 6.80. The number of aromatic nitrogens is 3. The predicted molar refractivity (Wildman–Crippen MR) is 99.0 cm³/mol. The SMILES string of the molecule is COc1cc(C)c(-c2nc(/N=C\N(C)C)nc3cc[nH]c23)c(OC)c1. The van der Waals surface area contributed by atoms with Crippen LogP contribution in [-0.4, -0.2) is 54.5 Å². The quantitative estimate of drug-likeness (QED) is 0.571. The van der Waals surface area contributed by atoms with Crippen molar-refractivity contribution >= 4 is 23.3 Å². The Bertz CT molecular complexity index is 931. The fourth-order valence-corrected chi connectivity index (χ4v) is 2.64. The van der Waals surface area contributed by atoms with Crippen LogP contribution in [0.3, 0.4) is 0 Å². The molecule has 1 aromatic carbocycles. The second-order valence-electron chi connectivity index (χ2n) is 5.84. The minimum atomic E-state index is 0.396. The van der Waals surface area contributed by atoms with Gasteiger partial charge in [-0.2, -0.15) is 0 Å². The van der Waals surface area contributed by atoms with Crippen molar-refractivity contribution in [2.45, 2.75) is 6.92 Å². The van der Waals surface area contributed by atoms with E-state index in [-0.39, 0.29) is 0 Å². The molecule has 0 unspecified atom stereocenters. The summed E-state index contributed by atoms with van der Waals surface area (Å²) in [5, 5.41) is 0. The highest BCUT2D eigenvalue weighted by Crippen LogP contribution is 2.38. The van der Waals surface area contributed by atoms with Gasteiger partial charge in [-0.25, -0.2) is 15.0 Å². The number of hydrogen-bond acceptors (Lipinski definition) is 5. The van der Waals surface area contributed by atoms with Crippen LogP contribution in [0.1, 0.15) is 5.56 Å². The zero-order valence-electron chi connectivity index (χ0n) is 15.0. The van der Waals surface area contributed by atoms with Crippen LogP contribution in [0.2, 0.25) is 0 Å². The number of nitrogens with zero attached hydrogens (tertiary/aromatic N) is 4. The number of hydrogen-bond donors (Lipinski definition) is 1. The molecule has 0 aliphatic heterocycles. The predicted octanol–water partition coefficient (Wildman–Crippen LogP) is 3.17. The first-order chi connectivity index (χ1) is 12.0. The number of aliphatic imine (C=N–C) groups is 1. The summed E-state index contributed by atoms with van der Waals surface area (Å²) in [6.45, 7) is 2.00. The molecule has 0 fully saturated rings. The Morgan fingerprint density at radius 3 is 2.64 bits per heavy atom. The first kappa shape index (κ1) is 16.8. The molecule has 0 spiro atoms. The molecule has 25 heavy (non-hydrogen) atoms. The van der Waals surface area contributed by atoms with Gasteiger partial charge in [0.05, 0.1) is 31.6 Å². The molecule has 0 amide bonds. The van der Waals surface area contributed by atoms with Gasteiger partial charge < -0.3 is 19.4 Å². The summed E-state index contributed by atoms with van der Waals surface area (Å²) in [5.74, 6) is 1.82. The molecule has 2 aromatic heterocycles. The molecule has 3 rings (SSSR count). The number of rotatable bonds is 5. The Balaban J connectivity index is 2.26. The molecular formula is C18H21N5O2. The summed E-state index contributed by atoms with van der Waals surface area (Å²) in [6.07, 6.45) is 3.52. The van der Waals surface area contributed by atoms with E-state index in [0.717, 1.165) is 33.6 Å². The number of H-pyrrole nitrogens is 1. The van der Waals surface area contributed by atoms with Crippen LogP contribution in [0.15, 0.2) is 29.4 Å². The Morgan fingerprint density at radius 1 is 1.16 bits per heavy atom. The molecule has 0 saturated heterocycles. The fraction of sp³-hybridized carbons (Fsp3) is 0.278. The molecule has 130 valence electrons. The summed E-state index contributed by atoms with van der Waals surface area (Å²) in [5.41, 5.74) is 4.27. The number of aromatic amines is 1. The molecule has 7 heteroatoms. The Hall–Kier alpha value is -3.09. The number of nitrogens with one attached hydrogen (secondary N) is 1. The van der Waals surface area contributed by atoms with Gasteiger partial charge >= 0.3 is 0 Å². The third-order valence-corrected chi connectivity index (χ3v) is 3.76. The zero-order chi connectivity index (χ0) is 18.0. The highest BCUT2D eigenvalue weighted by molar-refractivity contribution is 5.93. The lowest BCUT2D eigenvalue weighted by Gasteiger charge is -2.14. The van der Waals surface area contributed by atoms with Crippen LogP contribution >= 0.6 is 0 Å². The van der Waals surface area contributed by atoms with Crippen molar-refractivity contribution < 1.29 is 9.47 Å². The van der Waals surface area contributed by atoms with Gasteiger partial charge in [0.2, 0.25) is 0 Å². The lowest BCUT2D eigenvalue weighted by molar-refractivity contribution is 0.395. The summed E-state index contributed by atoms with van der Waals surface area (Å²) in [7, 11) is 7.07. The average Bonchev–Trinajstić information content (AvgIpc) is 3.07. The van der Waals surface area contributed by atoms with E-state index in [9.17, 15) is 0 Å². The average molecular weight is 339 g/mol. The summed E-state index contributed by atoms with van der Waals surface area (Å²) >= 11 is 0. The number of benzene rings is 1. The van der Waals surface area contributed by atoms with Crippen molar-refractivity contribution in [2.75, 3.05) is 28.3 Å². The van der Waals surface area contributed by atoms with E-state index >= 15 is 0 Å². The van der Waals surface area contributed by atoms with Crippen LogP contribution in [0, 0.1) is 6.92 Å². The standard InChI is InChI=1S/C18H21N5O2/c1-11-8-12(24-4)9-14(25-5)15(11)17-16-13(6-7-19-16)21-18(22-17)20-10-23(2)3/h6-10,19H,1-5H3/b20-10-. The minimum Gasteiger partial charge on any atom is -0.497 e. The Kier molecular flexibility index (Phi) is 4.56. The monoisotopic (exact) mass is 339 g/mol. The molecule has 7 nitrogen and oxygen atoms in total. The number of methoxy groups -OCH3 is 2. The topological polar surface area (TPSA) is 75.6 Å². The maximum absolute atomic E-state index is 5.59. The van der Waals surface area contributed by atoms with Crippen molar-refractivity contribution in [3.8, 4) is 22.8 Å². The molecule has 0 radical (unpaired) electrons. The molecule has 0 aliphatic carbocycles. The Labute approximate surface area is 146 Å². The van der Waals surface area contributed by atoms with Gasteiger partial charge in [0, 0.05) is 31.9 Å². The van der Waals surface area contributed by atoms with Crippen molar-refractivity contribution in [3.63, 3.8) is 0 Å². The largest absolute Gasteiger partial charge is 0.497 e. The van der Waals surface area contributed by atoms with Gasteiger partial charge in [0.15, 0.2) is 0 Å². The van der Waals surface area contributed by atoms with E-state index in [1.807, 2.05) is 50.3 Å². The van der Waals surface area contributed by atoms with Gasteiger partial charge in [-0.05, 0) is 24.6 Å². The van der Waals surface area contributed by atoms with Crippen LogP contribution in [0.4, 0.5) is 5.95 Å². The number of aryl methyl sites for hydroxylation is 1. The first-order valence-corrected chi connectivity index (χ1v) is 7.82. The van der Waals surface area contributed by atoms with Gasteiger partial charge in [0.25, 0.3) is 5.95 Å². The van der Waals surface area contributed by atoms with Crippen molar-refractivity contribution in [3.05, 3.63) is 30.0 Å². The van der Waals surface area contributed by atoms with Gasteiger partial charge in [-0.3, -0.25) is 0 Å². The number of ether oxygens (including phenoxy) is 2. The molecule has 0 atom stereocenters. The van der Waals surface area contributed by atoms with E-state index in [0.29, 0.717) is 11.7 Å². The lowest BCUT2D eigenvalue weighted by atomic mass is 10.0. The molecule has 2 heterocycles. The number of fused-ring (bicyclic) bond motifs is 1. The summed E-state index contributed by atoms with van der Waals surface area (Å²) in [4.78, 5) is 18.5. The van der Waals surface area contributed by atoms with Crippen LogP contribution in [0.25, 0.3) is 22.3 Å². The maximum Gasteiger partial charge on any atom is 0.252 e. The maximum atomic E-state index is 5.59. The highest BCUT2D eigenvalue weighted by atomic mass is 16.5. The Morgan fingerprint density at radius 2 is 1.96 bits per heavy atom. The van der Waals surface area contributed by atoms with E-state index < -0.39 is 0 Å². The highest BCUT2D eigenvalue weighted by Gasteiger charge is 2.18. The van der Waals surface area contributed by atoms with Gasteiger partial charge in [-0.15, -0.1) is 0 Å². The third-order valence-electron chi connectivity index (χ3n) is 3.76. The van der Waals surface area contributed by atoms with Crippen molar-refractivity contribution in [1.29, 1.82) is 0 Å². The van der Waals surface area contributed by atoms with Crippen LogP contribution in [0.5, 0.6) is 11.5 Å². The van der Waals surface area contributed by atoms with Crippen LogP contribution in [-0.2, 0) is 0 Å². The minimum absolute atomic E-state index is 0.396. The lowest BCUT2D eigenvalue weighted by Crippen LogP contribution is -2.07. The van der Waals surface area contributed by atoms with E-state index in [4.69, 9.17) is 9.47 Å². The molecular weight excluding hydrogens is 318 g/mol. The fourth-order valence-electron chi connectivity index (χ4n) is 2.64. The zero-order valence-corrected chi connectivity index (χ0v) is 15.0.